The van der Waals surface area contributed by atoms with Crippen LogP contribution in [0.5, 0.6) is 0 Å². The fraction of sp³-hybridized carbons (Fsp3) is 0.118. The molecule has 3 rings (SSSR count). The van der Waals surface area contributed by atoms with Crippen LogP contribution in [0.3, 0.4) is 0 Å². The van der Waals surface area contributed by atoms with Crippen molar-refractivity contribution in [1.82, 2.24) is 14.8 Å². The standard InChI is InChI=1S/C17H14BrN5O3S/c1-10-7-12(4-5-13(10)18)20-16(24)11-3-6-15(14(8-11)23(25)26)27-17-21-19-9-22(17)2/h3-9H,1-2H3,(H,20,24). The van der Waals surface area contributed by atoms with Crippen LogP contribution in [-0.2, 0) is 7.05 Å². The molecule has 0 saturated carbocycles. The smallest absolute Gasteiger partial charge is 0.284 e. The van der Waals surface area contributed by atoms with Gasteiger partial charge in [-0.3, -0.25) is 14.9 Å². The van der Waals surface area contributed by atoms with Crippen molar-refractivity contribution in [2.75, 3.05) is 5.32 Å². The van der Waals surface area contributed by atoms with Crippen molar-refractivity contribution in [3.63, 3.8) is 0 Å². The van der Waals surface area contributed by atoms with E-state index < -0.39 is 10.8 Å². The summed E-state index contributed by atoms with van der Waals surface area (Å²) in [5.74, 6) is -0.421. The van der Waals surface area contributed by atoms with Crippen LogP contribution in [0, 0.1) is 17.0 Å². The zero-order valence-electron chi connectivity index (χ0n) is 14.3. The Kier molecular flexibility index (Phi) is 5.57. The fourth-order valence-corrected chi connectivity index (χ4v) is 3.37. The number of nitrogens with one attached hydrogen (secondary N) is 1. The van der Waals surface area contributed by atoms with Gasteiger partial charge in [0.2, 0.25) is 0 Å². The lowest BCUT2D eigenvalue weighted by Crippen LogP contribution is -2.12. The molecule has 0 aliphatic carbocycles. The lowest BCUT2D eigenvalue weighted by atomic mass is 10.1. The quantitative estimate of drug-likeness (QED) is 0.464. The average molecular weight is 448 g/mol. The number of nitrogens with zero attached hydrogens (tertiary/aromatic N) is 4. The third-order valence-corrected chi connectivity index (χ3v) is 5.71. The maximum Gasteiger partial charge on any atom is 0.284 e. The summed E-state index contributed by atoms with van der Waals surface area (Å²) in [6.07, 6.45) is 1.51. The van der Waals surface area contributed by atoms with E-state index in [0.717, 1.165) is 21.8 Å². The van der Waals surface area contributed by atoms with Gasteiger partial charge in [-0.05, 0) is 54.6 Å². The molecule has 1 N–H and O–H groups in total. The van der Waals surface area contributed by atoms with Gasteiger partial charge in [-0.25, -0.2) is 0 Å². The summed E-state index contributed by atoms with van der Waals surface area (Å²) in [4.78, 5) is 23.8. The first-order valence-electron chi connectivity index (χ1n) is 7.73. The zero-order chi connectivity index (χ0) is 19.6. The Bertz CT molecular complexity index is 1040. The van der Waals surface area contributed by atoms with E-state index >= 15 is 0 Å². The second-order valence-corrected chi connectivity index (χ2v) is 7.55. The number of rotatable bonds is 5. The zero-order valence-corrected chi connectivity index (χ0v) is 16.7. The molecule has 3 aromatic rings. The van der Waals surface area contributed by atoms with Gasteiger partial charge in [0, 0.05) is 28.8 Å². The average Bonchev–Trinajstić information content (AvgIpc) is 3.03. The van der Waals surface area contributed by atoms with E-state index in [4.69, 9.17) is 0 Å². The number of aryl methyl sites for hydroxylation is 2. The molecule has 1 heterocycles. The van der Waals surface area contributed by atoms with Gasteiger partial charge in [0.25, 0.3) is 11.6 Å². The first-order valence-corrected chi connectivity index (χ1v) is 9.34. The van der Waals surface area contributed by atoms with E-state index in [2.05, 4.69) is 31.4 Å². The molecule has 0 aliphatic heterocycles. The molecule has 8 nitrogen and oxygen atoms in total. The van der Waals surface area contributed by atoms with Crippen LogP contribution < -0.4 is 5.32 Å². The number of nitro benzene ring substituents is 1. The van der Waals surface area contributed by atoms with Gasteiger partial charge in [-0.15, -0.1) is 10.2 Å². The van der Waals surface area contributed by atoms with Crippen LogP contribution in [0.25, 0.3) is 0 Å². The van der Waals surface area contributed by atoms with Crippen LogP contribution >= 0.6 is 27.7 Å². The molecule has 0 spiro atoms. The van der Waals surface area contributed by atoms with Crippen LogP contribution in [0.1, 0.15) is 15.9 Å². The molecule has 0 unspecified atom stereocenters. The molecule has 0 fully saturated rings. The van der Waals surface area contributed by atoms with Crippen molar-refractivity contribution in [3.05, 3.63) is 68.4 Å². The van der Waals surface area contributed by atoms with Gasteiger partial charge in [0.15, 0.2) is 5.16 Å². The van der Waals surface area contributed by atoms with Crippen LogP contribution in [0.15, 0.2) is 57.3 Å². The second kappa shape index (κ2) is 7.89. The lowest BCUT2D eigenvalue weighted by molar-refractivity contribution is -0.387. The highest BCUT2D eigenvalue weighted by Gasteiger charge is 2.20. The summed E-state index contributed by atoms with van der Waals surface area (Å²) in [5, 5.41) is 22.4. The summed E-state index contributed by atoms with van der Waals surface area (Å²) >= 11 is 4.52. The molecular formula is C17H14BrN5O3S. The predicted octanol–water partition coefficient (Wildman–Crippen LogP) is 4.20. The minimum absolute atomic E-state index is 0.164. The molecule has 0 aliphatic rings. The summed E-state index contributed by atoms with van der Waals surface area (Å²) in [7, 11) is 1.75. The predicted molar refractivity (Wildman–Crippen MR) is 105 cm³/mol. The summed E-state index contributed by atoms with van der Waals surface area (Å²) in [6, 6.07) is 9.75. The number of benzene rings is 2. The molecule has 10 heteroatoms. The van der Waals surface area contributed by atoms with E-state index in [1.165, 1.54) is 12.4 Å². The molecule has 138 valence electrons. The third-order valence-electron chi connectivity index (χ3n) is 3.70. The number of hydrogen-bond acceptors (Lipinski definition) is 6. The fourth-order valence-electron chi connectivity index (χ4n) is 2.28. The van der Waals surface area contributed by atoms with Crippen molar-refractivity contribution in [1.29, 1.82) is 0 Å². The Morgan fingerprint density at radius 2 is 2.07 bits per heavy atom. The number of halogens is 1. The number of hydrogen-bond donors (Lipinski definition) is 1. The molecule has 1 aromatic heterocycles. The van der Waals surface area contributed by atoms with E-state index in [0.29, 0.717) is 15.7 Å². The Morgan fingerprint density at radius 3 is 2.70 bits per heavy atom. The number of carbonyl (C=O) groups is 1. The lowest BCUT2D eigenvalue weighted by Gasteiger charge is -2.08. The first-order chi connectivity index (χ1) is 12.8. The molecule has 0 bridgehead atoms. The normalized spacial score (nSPS) is 10.6. The maximum atomic E-state index is 12.5. The van der Waals surface area contributed by atoms with Gasteiger partial charge in [-0.2, -0.15) is 0 Å². The number of aromatic nitrogens is 3. The van der Waals surface area contributed by atoms with Crippen molar-refractivity contribution in [2.45, 2.75) is 17.0 Å². The molecule has 2 aromatic carbocycles. The van der Waals surface area contributed by atoms with Crippen molar-refractivity contribution in [2.24, 2.45) is 7.05 Å². The molecule has 1 amide bonds. The first kappa shape index (κ1) is 19.1. The Labute approximate surface area is 167 Å². The van der Waals surface area contributed by atoms with E-state index in [9.17, 15) is 14.9 Å². The topological polar surface area (TPSA) is 103 Å². The minimum atomic E-state index is -0.515. The highest BCUT2D eigenvalue weighted by atomic mass is 79.9. The van der Waals surface area contributed by atoms with Crippen molar-refractivity contribution >= 4 is 45.0 Å². The summed E-state index contributed by atoms with van der Waals surface area (Å²) < 4.78 is 2.59. The highest BCUT2D eigenvalue weighted by Crippen LogP contribution is 2.34. The SMILES string of the molecule is Cc1cc(NC(=O)c2ccc(Sc3nncn3C)c([N+](=O)[O-])c2)ccc1Br. The van der Waals surface area contributed by atoms with E-state index in [1.807, 2.05) is 19.1 Å². The second-order valence-electron chi connectivity index (χ2n) is 5.68. The van der Waals surface area contributed by atoms with Crippen LogP contribution in [0.2, 0.25) is 0 Å². The number of nitro groups is 1. The summed E-state index contributed by atoms with van der Waals surface area (Å²) in [5.41, 5.74) is 1.61. The largest absolute Gasteiger partial charge is 0.322 e. The molecular weight excluding hydrogens is 434 g/mol. The number of carbonyl (C=O) groups excluding carboxylic acids is 1. The highest BCUT2D eigenvalue weighted by molar-refractivity contribution is 9.10. The van der Waals surface area contributed by atoms with Gasteiger partial charge < -0.3 is 9.88 Å². The third kappa shape index (κ3) is 4.34. The monoisotopic (exact) mass is 447 g/mol. The van der Waals surface area contributed by atoms with Crippen LogP contribution in [-0.4, -0.2) is 25.6 Å². The molecule has 0 atom stereocenters. The summed E-state index contributed by atoms with van der Waals surface area (Å²) in [6.45, 7) is 1.91. The maximum absolute atomic E-state index is 12.5. The van der Waals surface area contributed by atoms with Gasteiger partial charge in [0.1, 0.15) is 6.33 Å². The van der Waals surface area contributed by atoms with Gasteiger partial charge in [0.05, 0.1) is 9.82 Å². The van der Waals surface area contributed by atoms with Gasteiger partial charge in [-0.1, -0.05) is 15.9 Å². The van der Waals surface area contributed by atoms with Crippen LogP contribution in [0.4, 0.5) is 11.4 Å². The Hall–Kier alpha value is -2.72. The molecule has 0 radical (unpaired) electrons. The Morgan fingerprint density at radius 1 is 1.30 bits per heavy atom. The Balaban J connectivity index is 1.86. The van der Waals surface area contributed by atoms with Crippen molar-refractivity contribution < 1.29 is 9.72 Å². The van der Waals surface area contributed by atoms with E-state index in [-0.39, 0.29) is 11.3 Å². The number of amides is 1. The molecule has 27 heavy (non-hydrogen) atoms. The van der Waals surface area contributed by atoms with Gasteiger partial charge >= 0.3 is 0 Å². The van der Waals surface area contributed by atoms with E-state index in [1.54, 1.807) is 29.8 Å². The van der Waals surface area contributed by atoms with Crippen molar-refractivity contribution in [3.8, 4) is 0 Å². The molecule has 0 saturated heterocycles. The minimum Gasteiger partial charge on any atom is -0.322 e. The number of anilines is 1.